The van der Waals surface area contributed by atoms with Crippen molar-refractivity contribution in [2.75, 3.05) is 26.2 Å². The van der Waals surface area contributed by atoms with Gasteiger partial charge in [0, 0.05) is 39.6 Å². The summed E-state index contributed by atoms with van der Waals surface area (Å²) in [7, 11) is 0. The number of carbonyl (C=O) groups excluding carboxylic acids is 2. The lowest BCUT2D eigenvalue weighted by Crippen LogP contribution is -2.57. The number of piperazine rings is 1. The molecule has 26 heavy (non-hydrogen) atoms. The van der Waals surface area contributed by atoms with Crippen LogP contribution in [0.1, 0.15) is 38.2 Å². The van der Waals surface area contributed by atoms with E-state index in [0.717, 1.165) is 31.5 Å². The minimum Gasteiger partial charge on any atom is -0.351 e. The molecule has 2 fully saturated rings. The third kappa shape index (κ3) is 4.61. The Morgan fingerprint density at radius 1 is 1.12 bits per heavy atom. The van der Waals surface area contributed by atoms with Crippen molar-refractivity contribution in [2.24, 2.45) is 5.92 Å². The molecule has 0 radical (unpaired) electrons. The van der Waals surface area contributed by atoms with Gasteiger partial charge in [-0.25, -0.2) is 4.39 Å². The molecule has 1 aromatic rings. The molecule has 1 aromatic carbocycles. The second kappa shape index (κ2) is 8.62. The topological polar surface area (TPSA) is 52.7 Å². The third-order valence-corrected chi connectivity index (χ3v) is 5.65. The van der Waals surface area contributed by atoms with Crippen molar-refractivity contribution in [1.29, 1.82) is 0 Å². The van der Waals surface area contributed by atoms with Crippen molar-refractivity contribution in [3.8, 4) is 0 Å². The van der Waals surface area contributed by atoms with Gasteiger partial charge >= 0.3 is 0 Å². The Labute approximate surface area is 154 Å². The van der Waals surface area contributed by atoms with Gasteiger partial charge < -0.3 is 10.2 Å². The van der Waals surface area contributed by atoms with Crippen LogP contribution in [0.2, 0.25) is 0 Å². The summed E-state index contributed by atoms with van der Waals surface area (Å²) in [6, 6.07) is 6.10. The molecule has 1 aliphatic heterocycles. The molecule has 2 amide bonds. The molecule has 2 aliphatic rings. The Morgan fingerprint density at radius 3 is 2.31 bits per heavy atom. The van der Waals surface area contributed by atoms with Crippen molar-refractivity contribution in [3.63, 3.8) is 0 Å². The number of halogens is 1. The van der Waals surface area contributed by atoms with Gasteiger partial charge in [0.2, 0.25) is 11.8 Å². The Morgan fingerprint density at radius 2 is 1.73 bits per heavy atom. The van der Waals surface area contributed by atoms with Gasteiger partial charge in [-0.15, -0.1) is 0 Å². The number of nitrogens with zero attached hydrogens (tertiary/aromatic N) is 2. The number of hydrogen-bond acceptors (Lipinski definition) is 3. The first-order chi connectivity index (χ1) is 12.5. The van der Waals surface area contributed by atoms with Gasteiger partial charge in [0.1, 0.15) is 5.82 Å². The van der Waals surface area contributed by atoms with Crippen LogP contribution in [-0.2, 0) is 16.1 Å². The first-order valence-electron chi connectivity index (χ1n) is 9.56. The van der Waals surface area contributed by atoms with E-state index in [1.54, 1.807) is 19.1 Å². The van der Waals surface area contributed by atoms with Gasteiger partial charge in [0.15, 0.2) is 0 Å². The van der Waals surface area contributed by atoms with Crippen molar-refractivity contribution in [2.45, 2.75) is 45.2 Å². The molecular formula is C20H28FN3O2. The van der Waals surface area contributed by atoms with Crippen molar-refractivity contribution in [1.82, 2.24) is 15.1 Å². The Hall–Kier alpha value is -1.95. The van der Waals surface area contributed by atoms with Crippen molar-refractivity contribution >= 4 is 11.8 Å². The molecule has 1 saturated heterocycles. The van der Waals surface area contributed by atoms with Gasteiger partial charge in [-0.1, -0.05) is 25.0 Å². The quantitative estimate of drug-likeness (QED) is 0.874. The fourth-order valence-electron chi connectivity index (χ4n) is 4.16. The third-order valence-electron chi connectivity index (χ3n) is 5.65. The van der Waals surface area contributed by atoms with Gasteiger partial charge in [-0.3, -0.25) is 14.5 Å². The fraction of sp³-hybridized carbons (Fsp3) is 0.600. The van der Waals surface area contributed by atoms with Crippen LogP contribution < -0.4 is 5.32 Å². The molecule has 0 aromatic heterocycles. The number of hydrogen-bond donors (Lipinski definition) is 1. The molecule has 5 nitrogen and oxygen atoms in total. The zero-order chi connectivity index (χ0) is 18.5. The summed E-state index contributed by atoms with van der Waals surface area (Å²) in [5.74, 6) is 0.264. The van der Waals surface area contributed by atoms with Crippen LogP contribution in [0.4, 0.5) is 4.39 Å². The van der Waals surface area contributed by atoms with E-state index < -0.39 is 0 Å². The van der Waals surface area contributed by atoms with Crippen molar-refractivity contribution < 1.29 is 14.0 Å². The highest BCUT2D eigenvalue weighted by Gasteiger charge is 2.36. The second-order valence-electron chi connectivity index (χ2n) is 7.38. The maximum atomic E-state index is 13.0. The SMILES string of the molecule is CC(=O)N1CCN(C(C(=O)NCc2ccc(F)cc2)C2CCCC2)CC1. The molecule has 1 saturated carbocycles. The Kier molecular flexibility index (Phi) is 6.25. The molecule has 1 N–H and O–H groups in total. The molecule has 1 atom stereocenters. The highest BCUT2D eigenvalue weighted by Crippen LogP contribution is 2.31. The summed E-state index contributed by atoms with van der Waals surface area (Å²) in [5, 5.41) is 3.04. The minimum absolute atomic E-state index is 0.0532. The number of nitrogens with one attached hydrogen (secondary N) is 1. The average Bonchev–Trinajstić information content (AvgIpc) is 3.16. The molecule has 1 aliphatic carbocycles. The number of benzene rings is 1. The number of amides is 2. The predicted octanol–water partition coefficient (Wildman–Crippen LogP) is 2.16. The molecule has 3 rings (SSSR count). The van der Waals surface area contributed by atoms with Crippen LogP contribution >= 0.6 is 0 Å². The van der Waals surface area contributed by atoms with Crippen molar-refractivity contribution in [3.05, 3.63) is 35.6 Å². The fourth-order valence-corrected chi connectivity index (χ4v) is 4.16. The molecule has 0 spiro atoms. The van der Waals surface area contributed by atoms with E-state index in [0.29, 0.717) is 25.6 Å². The summed E-state index contributed by atoms with van der Waals surface area (Å²) < 4.78 is 13.0. The van der Waals surface area contributed by atoms with Gasteiger partial charge in [-0.2, -0.15) is 0 Å². The van der Waals surface area contributed by atoms with Gasteiger partial charge in [0.05, 0.1) is 6.04 Å². The van der Waals surface area contributed by atoms with Crippen LogP contribution in [0.5, 0.6) is 0 Å². The highest BCUT2D eigenvalue weighted by molar-refractivity contribution is 5.82. The number of carbonyl (C=O) groups is 2. The predicted molar refractivity (Wildman–Crippen MR) is 97.8 cm³/mol. The van der Waals surface area contributed by atoms with E-state index in [2.05, 4.69) is 10.2 Å². The van der Waals surface area contributed by atoms with E-state index in [9.17, 15) is 14.0 Å². The van der Waals surface area contributed by atoms with Crippen LogP contribution in [-0.4, -0.2) is 53.8 Å². The van der Waals surface area contributed by atoms with E-state index >= 15 is 0 Å². The summed E-state index contributed by atoms with van der Waals surface area (Å²) in [6.45, 7) is 4.86. The van der Waals surface area contributed by atoms with E-state index in [4.69, 9.17) is 0 Å². The maximum absolute atomic E-state index is 13.0. The maximum Gasteiger partial charge on any atom is 0.237 e. The number of rotatable bonds is 5. The lowest BCUT2D eigenvalue weighted by atomic mass is 9.95. The van der Waals surface area contributed by atoms with E-state index in [-0.39, 0.29) is 23.7 Å². The zero-order valence-corrected chi connectivity index (χ0v) is 15.4. The Balaban J connectivity index is 1.62. The van der Waals surface area contributed by atoms with Crippen LogP contribution in [0, 0.1) is 11.7 Å². The molecule has 0 bridgehead atoms. The van der Waals surface area contributed by atoms with E-state index in [1.807, 2.05) is 4.90 Å². The monoisotopic (exact) mass is 361 g/mol. The first-order valence-corrected chi connectivity index (χ1v) is 9.56. The van der Waals surface area contributed by atoms with Crippen LogP contribution in [0.25, 0.3) is 0 Å². The molecule has 1 heterocycles. The van der Waals surface area contributed by atoms with Gasteiger partial charge in [-0.05, 0) is 36.5 Å². The van der Waals surface area contributed by atoms with Crippen LogP contribution in [0.3, 0.4) is 0 Å². The first kappa shape index (κ1) is 18.8. The normalized spacial score (nSPS) is 20.2. The summed E-state index contributed by atoms with van der Waals surface area (Å²) in [4.78, 5) is 28.6. The average molecular weight is 361 g/mol. The molecule has 6 heteroatoms. The van der Waals surface area contributed by atoms with E-state index in [1.165, 1.54) is 25.0 Å². The standard InChI is InChI=1S/C20H28FN3O2/c1-15(25)23-10-12-24(13-11-23)19(17-4-2-3-5-17)20(26)22-14-16-6-8-18(21)9-7-16/h6-9,17,19H,2-5,10-14H2,1H3,(H,22,26). The second-order valence-corrected chi connectivity index (χ2v) is 7.38. The lowest BCUT2D eigenvalue weighted by molar-refractivity contribution is -0.133. The highest BCUT2D eigenvalue weighted by atomic mass is 19.1. The smallest absolute Gasteiger partial charge is 0.237 e. The zero-order valence-electron chi connectivity index (χ0n) is 15.4. The summed E-state index contributed by atoms with van der Waals surface area (Å²) in [6.07, 6.45) is 4.53. The minimum atomic E-state index is -0.271. The Bertz CT molecular complexity index is 620. The van der Waals surface area contributed by atoms with Gasteiger partial charge in [0.25, 0.3) is 0 Å². The largest absolute Gasteiger partial charge is 0.351 e. The molecular weight excluding hydrogens is 333 g/mol. The lowest BCUT2D eigenvalue weighted by Gasteiger charge is -2.40. The molecule has 1 unspecified atom stereocenters. The van der Waals surface area contributed by atoms with Crippen LogP contribution in [0.15, 0.2) is 24.3 Å². The summed E-state index contributed by atoms with van der Waals surface area (Å²) in [5.41, 5.74) is 0.895. The summed E-state index contributed by atoms with van der Waals surface area (Å²) >= 11 is 0. The molecule has 142 valence electrons.